The lowest BCUT2D eigenvalue weighted by Gasteiger charge is -2.06. The normalized spacial score (nSPS) is 10.4. The van der Waals surface area contributed by atoms with E-state index in [1.165, 1.54) is 5.56 Å². The van der Waals surface area contributed by atoms with Crippen molar-refractivity contribution in [1.29, 1.82) is 0 Å². The maximum atomic E-state index is 5.62. The molecule has 0 aliphatic rings. The van der Waals surface area contributed by atoms with Gasteiger partial charge in [-0.2, -0.15) is 0 Å². The van der Waals surface area contributed by atoms with Crippen molar-refractivity contribution in [1.82, 2.24) is 15.3 Å². The Morgan fingerprint density at radius 1 is 1.26 bits per heavy atom. The molecule has 0 unspecified atom stereocenters. The summed E-state index contributed by atoms with van der Waals surface area (Å²) in [5.74, 6) is 0.730. The van der Waals surface area contributed by atoms with Gasteiger partial charge in [0.15, 0.2) is 0 Å². The Morgan fingerprint density at radius 3 is 2.84 bits per heavy atom. The van der Waals surface area contributed by atoms with Gasteiger partial charge in [0.1, 0.15) is 12.4 Å². The quantitative estimate of drug-likeness (QED) is 0.888. The van der Waals surface area contributed by atoms with Crippen LogP contribution in [0.3, 0.4) is 0 Å². The molecule has 0 spiro atoms. The first-order chi connectivity index (χ1) is 9.28. The number of nitrogens with zero attached hydrogens (tertiary/aromatic N) is 2. The Balaban J connectivity index is 1.89. The molecule has 0 fully saturated rings. The highest BCUT2D eigenvalue weighted by Crippen LogP contribution is 2.16. The van der Waals surface area contributed by atoms with E-state index in [0.717, 1.165) is 29.0 Å². The van der Waals surface area contributed by atoms with Gasteiger partial charge >= 0.3 is 0 Å². The van der Waals surface area contributed by atoms with E-state index in [2.05, 4.69) is 44.2 Å². The zero-order valence-electron chi connectivity index (χ0n) is 10.8. The second kappa shape index (κ2) is 7.21. The summed E-state index contributed by atoms with van der Waals surface area (Å²) in [6, 6.07) is 5.93. The first kappa shape index (κ1) is 14.0. The highest BCUT2D eigenvalue weighted by molar-refractivity contribution is 9.10. The third-order valence-electron chi connectivity index (χ3n) is 2.53. The summed E-state index contributed by atoms with van der Waals surface area (Å²) in [4.78, 5) is 8.42. The van der Waals surface area contributed by atoms with Gasteiger partial charge in [-0.3, -0.25) is 9.97 Å². The van der Waals surface area contributed by atoms with E-state index in [0.29, 0.717) is 6.61 Å². The van der Waals surface area contributed by atoms with Crippen LogP contribution in [-0.2, 0) is 13.2 Å². The van der Waals surface area contributed by atoms with Gasteiger partial charge in [-0.1, -0.05) is 13.0 Å². The molecule has 2 aromatic heterocycles. The predicted molar refractivity (Wildman–Crippen MR) is 77.9 cm³/mol. The lowest BCUT2D eigenvalue weighted by atomic mass is 10.2. The van der Waals surface area contributed by atoms with Gasteiger partial charge in [-0.05, 0) is 40.2 Å². The van der Waals surface area contributed by atoms with Crippen LogP contribution in [0.15, 0.2) is 41.3 Å². The highest BCUT2D eigenvalue weighted by atomic mass is 79.9. The minimum Gasteiger partial charge on any atom is -0.486 e. The van der Waals surface area contributed by atoms with Crippen LogP contribution in [0.5, 0.6) is 5.75 Å². The molecule has 2 rings (SSSR count). The van der Waals surface area contributed by atoms with Crippen LogP contribution in [0.2, 0.25) is 0 Å². The topological polar surface area (TPSA) is 47.0 Å². The van der Waals surface area contributed by atoms with Crippen molar-refractivity contribution < 1.29 is 4.74 Å². The molecule has 0 aromatic carbocycles. The molecule has 0 radical (unpaired) electrons. The first-order valence-corrected chi connectivity index (χ1v) is 6.95. The van der Waals surface area contributed by atoms with Crippen molar-refractivity contribution >= 4 is 15.9 Å². The standard InChI is InChI=1S/C14H16BrN3O/c1-2-16-6-11-3-4-13(18-7-11)10-19-14-5-12(15)8-17-9-14/h3-5,7-9,16H,2,6,10H2,1H3. The van der Waals surface area contributed by atoms with Crippen molar-refractivity contribution in [3.05, 3.63) is 52.5 Å². The first-order valence-electron chi connectivity index (χ1n) is 6.16. The molecule has 0 amide bonds. The molecule has 0 saturated heterocycles. The maximum absolute atomic E-state index is 5.62. The van der Waals surface area contributed by atoms with Crippen molar-refractivity contribution in [2.24, 2.45) is 0 Å². The minimum absolute atomic E-state index is 0.444. The van der Waals surface area contributed by atoms with Crippen LogP contribution in [0, 0.1) is 0 Å². The molecule has 100 valence electrons. The van der Waals surface area contributed by atoms with Crippen LogP contribution < -0.4 is 10.1 Å². The summed E-state index contributed by atoms with van der Waals surface area (Å²) in [5.41, 5.74) is 2.08. The summed E-state index contributed by atoms with van der Waals surface area (Å²) in [5, 5.41) is 3.26. The average Bonchev–Trinajstić information content (AvgIpc) is 2.44. The molecule has 0 saturated carbocycles. The van der Waals surface area contributed by atoms with Crippen molar-refractivity contribution in [3.63, 3.8) is 0 Å². The predicted octanol–water partition coefficient (Wildman–Crippen LogP) is 2.93. The average molecular weight is 322 g/mol. The Hall–Kier alpha value is -1.46. The molecule has 0 atom stereocenters. The highest BCUT2D eigenvalue weighted by Gasteiger charge is 1.99. The second-order valence-electron chi connectivity index (χ2n) is 4.07. The van der Waals surface area contributed by atoms with E-state index in [-0.39, 0.29) is 0 Å². The van der Waals surface area contributed by atoms with E-state index < -0.39 is 0 Å². The van der Waals surface area contributed by atoms with Gasteiger partial charge in [-0.25, -0.2) is 0 Å². The SMILES string of the molecule is CCNCc1ccc(COc2cncc(Br)c2)nc1. The summed E-state index contributed by atoms with van der Waals surface area (Å²) in [6.45, 7) is 4.34. The molecule has 2 heterocycles. The van der Waals surface area contributed by atoms with Crippen molar-refractivity contribution in [2.45, 2.75) is 20.1 Å². The van der Waals surface area contributed by atoms with Gasteiger partial charge in [0.25, 0.3) is 0 Å². The molecular formula is C14H16BrN3O. The molecule has 19 heavy (non-hydrogen) atoms. The van der Waals surface area contributed by atoms with E-state index in [4.69, 9.17) is 4.74 Å². The van der Waals surface area contributed by atoms with E-state index in [1.807, 2.05) is 18.3 Å². The molecule has 0 aliphatic heterocycles. The Kier molecular flexibility index (Phi) is 5.30. The van der Waals surface area contributed by atoms with Crippen LogP contribution in [0.1, 0.15) is 18.2 Å². The molecular weight excluding hydrogens is 306 g/mol. The second-order valence-corrected chi connectivity index (χ2v) is 4.98. The number of nitrogens with one attached hydrogen (secondary N) is 1. The zero-order valence-corrected chi connectivity index (χ0v) is 12.4. The van der Waals surface area contributed by atoms with Crippen LogP contribution in [0.25, 0.3) is 0 Å². The van der Waals surface area contributed by atoms with Crippen LogP contribution in [-0.4, -0.2) is 16.5 Å². The summed E-state index contributed by atoms with van der Waals surface area (Å²) in [7, 11) is 0. The number of hydrogen-bond donors (Lipinski definition) is 1. The van der Waals surface area contributed by atoms with E-state index in [1.54, 1.807) is 12.4 Å². The number of halogens is 1. The van der Waals surface area contributed by atoms with Gasteiger partial charge < -0.3 is 10.1 Å². The number of rotatable bonds is 6. The largest absolute Gasteiger partial charge is 0.486 e. The van der Waals surface area contributed by atoms with E-state index >= 15 is 0 Å². The third-order valence-corrected chi connectivity index (χ3v) is 2.97. The van der Waals surface area contributed by atoms with Crippen LogP contribution >= 0.6 is 15.9 Å². The summed E-state index contributed by atoms with van der Waals surface area (Å²) >= 11 is 3.36. The third kappa shape index (κ3) is 4.61. The lowest BCUT2D eigenvalue weighted by molar-refractivity contribution is 0.300. The molecule has 0 aliphatic carbocycles. The maximum Gasteiger partial charge on any atom is 0.139 e. The number of ether oxygens (including phenoxy) is 1. The van der Waals surface area contributed by atoms with E-state index in [9.17, 15) is 0 Å². The van der Waals surface area contributed by atoms with Gasteiger partial charge in [0.2, 0.25) is 0 Å². The number of pyridine rings is 2. The summed E-state index contributed by atoms with van der Waals surface area (Å²) < 4.78 is 6.53. The number of aromatic nitrogens is 2. The van der Waals surface area contributed by atoms with Crippen LogP contribution in [0.4, 0.5) is 0 Å². The minimum atomic E-state index is 0.444. The zero-order chi connectivity index (χ0) is 13.5. The Morgan fingerprint density at radius 2 is 2.16 bits per heavy atom. The molecule has 2 aromatic rings. The Labute approximate surface area is 121 Å². The number of hydrogen-bond acceptors (Lipinski definition) is 4. The van der Waals surface area contributed by atoms with Gasteiger partial charge in [0.05, 0.1) is 11.9 Å². The lowest BCUT2D eigenvalue weighted by Crippen LogP contribution is -2.12. The summed E-state index contributed by atoms with van der Waals surface area (Å²) in [6.07, 6.45) is 5.28. The van der Waals surface area contributed by atoms with Crippen molar-refractivity contribution in [3.8, 4) is 5.75 Å². The molecule has 5 heteroatoms. The van der Waals surface area contributed by atoms with Gasteiger partial charge in [0, 0.05) is 23.4 Å². The van der Waals surface area contributed by atoms with Gasteiger partial charge in [-0.15, -0.1) is 0 Å². The fourth-order valence-electron chi connectivity index (χ4n) is 1.54. The fourth-order valence-corrected chi connectivity index (χ4v) is 1.89. The molecule has 4 nitrogen and oxygen atoms in total. The smallest absolute Gasteiger partial charge is 0.139 e. The fraction of sp³-hybridized carbons (Fsp3) is 0.286. The molecule has 0 bridgehead atoms. The van der Waals surface area contributed by atoms with Crippen molar-refractivity contribution in [2.75, 3.05) is 6.54 Å². The monoisotopic (exact) mass is 321 g/mol. The molecule has 1 N–H and O–H groups in total. The Bertz CT molecular complexity index is 516.